The molecule has 0 spiro atoms. The lowest BCUT2D eigenvalue weighted by atomic mass is 10.1. The molecule has 1 N–H and O–H groups in total. The van der Waals surface area contributed by atoms with E-state index in [1.165, 1.54) is 16.4 Å². The molecule has 0 amide bonds. The number of para-hydroxylation sites is 2. The van der Waals surface area contributed by atoms with Gasteiger partial charge in [-0.15, -0.1) is 0 Å². The highest BCUT2D eigenvalue weighted by Crippen LogP contribution is 2.23. The van der Waals surface area contributed by atoms with Crippen LogP contribution >= 0.6 is 0 Å². The van der Waals surface area contributed by atoms with E-state index in [1.807, 2.05) is 18.2 Å². The Bertz CT molecular complexity index is 844. The van der Waals surface area contributed by atoms with Crippen LogP contribution in [0, 0.1) is 0 Å². The maximum atomic E-state index is 12.5. The quantitative estimate of drug-likeness (QED) is 0.681. The van der Waals surface area contributed by atoms with Crippen LogP contribution in [-0.4, -0.2) is 45.3 Å². The molecule has 2 aromatic rings. The summed E-state index contributed by atoms with van der Waals surface area (Å²) in [5, 5.41) is 3.04. The summed E-state index contributed by atoms with van der Waals surface area (Å²) in [4.78, 5) is 12.6. The minimum atomic E-state index is -3.52. The van der Waals surface area contributed by atoms with Gasteiger partial charge in [0.15, 0.2) is 5.78 Å². The second-order valence-corrected chi connectivity index (χ2v) is 7.53. The topological polar surface area (TPSA) is 75.7 Å². The van der Waals surface area contributed by atoms with E-state index in [0.29, 0.717) is 24.4 Å². The highest BCUT2D eigenvalue weighted by molar-refractivity contribution is 7.89. The van der Waals surface area contributed by atoms with Crippen molar-refractivity contribution >= 4 is 21.5 Å². The predicted octanol–water partition coefficient (Wildman–Crippen LogP) is 3.02. The number of nitrogens with zero attached hydrogens (tertiary/aromatic N) is 1. The van der Waals surface area contributed by atoms with Crippen LogP contribution in [0.3, 0.4) is 0 Å². The highest BCUT2D eigenvalue weighted by Gasteiger charge is 2.21. The smallest absolute Gasteiger partial charge is 0.243 e. The zero-order valence-corrected chi connectivity index (χ0v) is 16.0. The molecular formula is C19H24N2O4S. The fourth-order valence-electron chi connectivity index (χ4n) is 2.59. The van der Waals surface area contributed by atoms with Crippen molar-refractivity contribution in [2.45, 2.75) is 18.7 Å². The number of hydrogen-bond donors (Lipinski definition) is 1. The van der Waals surface area contributed by atoms with E-state index in [9.17, 15) is 13.2 Å². The molecule has 0 aliphatic rings. The number of methoxy groups -OCH3 is 1. The second-order valence-electron chi connectivity index (χ2n) is 5.59. The first kappa shape index (κ1) is 19.9. The first-order chi connectivity index (χ1) is 12.4. The number of hydrogen-bond acceptors (Lipinski definition) is 5. The number of sulfonamides is 1. The summed E-state index contributed by atoms with van der Waals surface area (Å²) in [6, 6.07) is 13.4. The molecule has 0 unspecified atom stereocenters. The lowest BCUT2D eigenvalue weighted by Gasteiger charge is -2.18. The Hall–Kier alpha value is -2.38. The predicted molar refractivity (Wildman–Crippen MR) is 102 cm³/mol. The SMILES string of the molecule is CCN(CC)S(=O)(=O)c1ccc(C(=O)CNc2ccccc2OC)cc1. The number of benzene rings is 2. The van der Waals surface area contributed by atoms with Gasteiger partial charge < -0.3 is 10.1 Å². The van der Waals surface area contributed by atoms with Gasteiger partial charge in [-0.05, 0) is 36.4 Å². The molecule has 0 radical (unpaired) electrons. The molecule has 6 nitrogen and oxygen atoms in total. The Morgan fingerprint density at radius 3 is 2.23 bits per heavy atom. The van der Waals surface area contributed by atoms with Gasteiger partial charge in [-0.25, -0.2) is 8.42 Å². The zero-order valence-electron chi connectivity index (χ0n) is 15.2. The molecule has 26 heavy (non-hydrogen) atoms. The Balaban J connectivity index is 2.09. The maximum Gasteiger partial charge on any atom is 0.243 e. The van der Waals surface area contributed by atoms with E-state index < -0.39 is 10.0 Å². The summed E-state index contributed by atoms with van der Waals surface area (Å²) >= 11 is 0. The van der Waals surface area contributed by atoms with Crippen LogP contribution in [0.5, 0.6) is 5.75 Å². The summed E-state index contributed by atoms with van der Waals surface area (Å²) in [5.74, 6) is 0.517. The molecule has 0 aliphatic carbocycles. The third-order valence-electron chi connectivity index (χ3n) is 4.07. The summed E-state index contributed by atoms with van der Waals surface area (Å²) in [6.45, 7) is 4.48. The van der Waals surface area contributed by atoms with E-state index in [-0.39, 0.29) is 17.2 Å². The van der Waals surface area contributed by atoms with Crippen LogP contribution in [0.2, 0.25) is 0 Å². The summed E-state index contributed by atoms with van der Waals surface area (Å²) in [6.07, 6.45) is 0. The molecule has 0 fully saturated rings. The summed E-state index contributed by atoms with van der Waals surface area (Å²) in [7, 11) is -1.95. The van der Waals surface area contributed by atoms with E-state index in [0.717, 1.165) is 5.69 Å². The van der Waals surface area contributed by atoms with E-state index in [4.69, 9.17) is 4.74 Å². The van der Waals surface area contributed by atoms with Crippen LogP contribution in [0.25, 0.3) is 0 Å². The zero-order chi connectivity index (χ0) is 19.2. The first-order valence-corrected chi connectivity index (χ1v) is 9.88. The van der Waals surface area contributed by atoms with Crippen molar-refractivity contribution in [1.29, 1.82) is 0 Å². The molecular weight excluding hydrogens is 352 g/mol. The average Bonchev–Trinajstić information content (AvgIpc) is 2.67. The first-order valence-electron chi connectivity index (χ1n) is 8.44. The average molecular weight is 376 g/mol. The number of ketones is 1. The molecule has 0 saturated carbocycles. The van der Waals surface area contributed by atoms with Gasteiger partial charge in [-0.3, -0.25) is 4.79 Å². The number of rotatable bonds is 9. The van der Waals surface area contributed by atoms with Crippen molar-refractivity contribution in [2.75, 3.05) is 32.1 Å². The van der Waals surface area contributed by atoms with Crippen LogP contribution in [0.15, 0.2) is 53.4 Å². The Kier molecular flexibility index (Phi) is 6.76. The third-order valence-corrected chi connectivity index (χ3v) is 6.13. The number of anilines is 1. The number of ether oxygens (including phenoxy) is 1. The number of carbonyl (C=O) groups excluding carboxylic acids is 1. The lowest BCUT2D eigenvalue weighted by Crippen LogP contribution is -2.30. The Labute approximate surface area is 154 Å². The molecule has 7 heteroatoms. The van der Waals surface area contributed by atoms with Crippen molar-refractivity contribution in [3.63, 3.8) is 0 Å². The molecule has 140 valence electrons. The van der Waals surface area contributed by atoms with E-state index in [1.54, 1.807) is 39.2 Å². The molecule has 2 rings (SSSR count). The lowest BCUT2D eigenvalue weighted by molar-refractivity contribution is 0.101. The van der Waals surface area contributed by atoms with Gasteiger partial charge in [0.25, 0.3) is 0 Å². The minimum Gasteiger partial charge on any atom is -0.495 e. The monoisotopic (exact) mass is 376 g/mol. The van der Waals surface area contributed by atoms with Gasteiger partial charge >= 0.3 is 0 Å². The highest BCUT2D eigenvalue weighted by atomic mass is 32.2. The number of Topliss-reactive ketones (excluding diaryl/α,β-unsaturated/α-hetero) is 1. The second kappa shape index (κ2) is 8.82. The van der Waals surface area contributed by atoms with Gasteiger partial charge in [0.2, 0.25) is 10.0 Å². The molecule has 0 aromatic heterocycles. The number of nitrogens with one attached hydrogen (secondary N) is 1. The Morgan fingerprint density at radius 2 is 1.65 bits per heavy atom. The number of carbonyl (C=O) groups is 1. The van der Waals surface area contributed by atoms with Crippen LogP contribution in [-0.2, 0) is 10.0 Å². The minimum absolute atomic E-state index is 0.0858. The third kappa shape index (κ3) is 4.42. The largest absolute Gasteiger partial charge is 0.495 e. The maximum absolute atomic E-state index is 12.5. The van der Waals surface area contributed by atoms with Crippen molar-refractivity contribution in [3.05, 3.63) is 54.1 Å². The van der Waals surface area contributed by atoms with Crippen LogP contribution in [0.1, 0.15) is 24.2 Å². The summed E-state index contributed by atoms with van der Waals surface area (Å²) < 4.78 is 31.6. The van der Waals surface area contributed by atoms with Crippen molar-refractivity contribution in [2.24, 2.45) is 0 Å². The molecule has 0 saturated heterocycles. The molecule has 2 aromatic carbocycles. The molecule has 0 atom stereocenters. The van der Waals surface area contributed by atoms with E-state index >= 15 is 0 Å². The van der Waals surface area contributed by atoms with Crippen molar-refractivity contribution in [3.8, 4) is 5.75 Å². The van der Waals surface area contributed by atoms with Crippen molar-refractivity contribution < 1.29 is 17.9 Å². The van der Waals surface area contributed by atoms with E-state index in [2.05, 4.69) is 5.32 Å². The van der Waals surface area contributed by atoms with Gasteiger partial charge in [0.1, 0.15) is 5.75 Å². The van der Waals surface area contributed by atoms with Gasteiger partial charge in [0, 0.05) is 18.7 Å². The van der Waals surface area contributed by atoms with Gasteiger partial charge in [-0.2, -0.15) is 4.31 Å². The Morgan fingerprint density at radius 1 is 1.04 bits per heavy atom. The molecule has 0 bridgehead atoms. The molecule has 0 aliphatic heterocycles. The van der Waals surface area contributed by atoms with Gasteiger partial charge in [0.05, 0.1) is 24.2 Å². The fraction of sp³-hybridized carbons (Fsp3) is 0.316. The van der Waals surface area contributed by atoms with Crippen LogP contribution < -0.4 is 10.1 Å². The fourth-order valence-corrected chi connectivity index (χ4v) is 4.05. The van der Waals surface area contributed by atoms with Gasteiger partial charge in [-0.1, -0.05) is 26.0 Å². The normalized spacial score (nSPS) is 11.4. The van der Waals surface area contributed by atoms with Crippen molar-refractivity contribution in [1.82, 2.24) is 4.31 Å². The standard InChI is InChI=1S/C19H24N2O4S/c1-4-21(5-2)26(23,24)16-12-10-15(11-13-16)18(22)14-20-17-8-6-7-9-19(17)25-3/h6-13,20H,4-5,14H2,1-3H3. The van der Waals surface area contributed by atoms with Crippen LogP contribution in [0.4, 0.5) is 5.69 Å². The molecule has 0 heterocycles. The summed E-state index contributed by atoms with van der Waals surface area (Å²) in [5.41, 5.74) is 1.18.